The maximum absolute atomic E-state index is 12.4. The largest absolute Gasteiger partial charge is 0.436 e. The number of fused-ring (bicyclic) bond motifs is 1. The number of carbonyl (C=O) groups excluding carboxylic acids is 1. The van der Waals surface area contributed by atoms with E-state index >= 15 is 0 Å². The molecule has 4 nitrogen and oxygen atoms in total. The Balaban J connectivity index is 1.60. The molecular weight excluding hydrogens is 372 g/mol. The van der Waals surface area contributed by atoms with Crippen molar-refractivity contribution in [3.63, 3.8) is 0 Å². The first kappa shape index (κ1) is 18.3. The number of nitrogens with one attached hydrogen (secondary N) is 1. The van der Waals surface area contributed by atoms with Gasteiger partial charge in [-0.05, 0) is 53.9 Å². The highest BCUT2D eigenvalue weighted by atomic mass is 35.5. The Kier molecular flexibility index (Phi) is 4.88. The van der Waals surface area contributed by atoms with Crippen molar-refractivity contribution in [1.82, 2.24) is 4.98 Å². The molecule has 0 aliphatic rings. The van der Waals surface area contributed by atoms with E-state index in [4.69, 9.17) is 16.0 Å². The number of carbonyl (C=O) groups is 1. The Labute approximate surface area is 168 Å². The third-order valence-corrected chi connectivity index (χ3v) is 4.92. The molecule has 0 aliphatic heterocycles. The average Bonchev–Trinajstić information content (AvgIpc) is 3.11. The maximum atomic E-state index is 12.4. The number of hydrogen-bond donors (Lipinski definition) is 1. The van der Waals surface area contributed by atoms with Gasteiger partial charge in [0.15, 0.2) is 5.58 Å². The van der Waals surface area contributed by atoms with Crippen molar-refractivity contribution in [1.29, 1.82) is 0 Å². The average molecular weight is 391 g/mol. The molecule has 1 N–H and O–H groups in total. The maximum Gasteiger partial charge on any atom is 0.257 e. The van der Waals surface area contributed by atoms with Crippen LogP contribution in [-0.4, -0.2) is 10.9 Å². The number of halogens is 1. The molecule has 1 heterocycles. The van der Waals surface area contributed by atoms with Crippen LogP contribution in [0.1, 0.15) is 35.7 Å². The van der Waals surface area contributed by atoms with E-state index in [-0.39, 0.29) is 5.91 Å². The molecule has 0 saturated carbocycles. The van der Waals surface area contributed by atoms with Crippen LogP contribution in [0.5, 0.6) is 0 Å². The highest BCUT2D eigenvalue weighted by Crippen LogP contribution is 2.28. The lowest BCUT2D eigenvalue weighted by molar-refractivity contribution is 0.102. The molecule has 1 aromatic heterocycles. The Morgan fingerprint density at radius 1 is 1.04 bits per heavy atom. The number of anilines is 1. The molecule has 4 aromatic rings. The van der Waals surface area contributed by atoms with Gasteiger partial charge < -0.3 is 9.73 Å². The van der Waals surface area contributed by atoms with Gasteiger partial charge in [0.05, 0.1) is 10.6 Å². The highest BCUT2D eigenvalue weighted by Gasteiger charge is 2.13. The molecule has 4 rings (SSSR count). The molecule has 28 heavy (non-hydrogen) atoms. The SMILES string of the molecule is CC(C)c1ccc(-c2nc3cc(NC(=O)c4ccccc4Cl)ccc3o2)cc1. The molecular formula is C23H19ClN2O2. The Hall–Kier alpha value is -3.11. The van der Waals surface area contributed by atoms with Crippen molar-refractivity contribution in [2.75, 3.05) is 5.32 Å². The van der Waals surface area contributed by atoms with Gasteiger partial charge in [-0.3, -0.25) is 4.79 Å². The van der Waals surface area contributed by atoms with Crippen LogP contribution >= 0.6 is 11.6 Å². The van der Waals surface area contributed by atoms with Crippen LogP contribution < -0.4 is 5.32 Å². The molecule has 0 spiro atoms. The summed E-state index contributed by atoms with van der Waals surface area (Å²) in [5.41, 5.74) is 4.59. The fraction of sp³-hybridized carbons (Fsp3) is 0.130. The van der Waals surface area contributed by atoms with Gasteiger partial charge >= 0.3 is 0 Å². The molecule has 1 amide bonds. The van der Waals surface area contributed by atoms with Crippen molar-refractivity contribution in [2.24, 2.45) is 0 Å². The van der Waals surface area contributed by atoms with Gasteiger partial charge in [-0.1, -0.05) is 49.7 Å². The van der Waals surface area contributed by atoms with Crippen molar-refractivity contribution in [3.05, 3.63) is 82.9 Å². The first-order valence-corrected chi connectivity index (χ1v) is 9.46. The number of rotatable bonds is 4. The molecule has 0 atom stereocenters. The van der Waals surface area contributed by atoms with Crippen molar-refractivity contribution >= 4 is 34.3 Å². The second kappa shape index (κ2) is 7.49. The summed E-state index contributed by atoms with van der Waals surface area (Å²) in [4.78, 5) is 17.0. The number of aromatic nitrogens is 1. The predicted octanol–water partition coefficient (Wildman–Crippen LogP) is 6.52. The predicted molar refractivity (Wildman–Crippen MR) is 113 cm³/mol. The molecule has 5 heteroatoms. The fourth-order valence-electron chi connectivity index (χ4n) is 2.98. The van der Waals surface area contributed by atoms with E-state index in [0.29, 0.717) is 39.2 Å². The van der Waals surface area contributed by atoms with E-state index in [1.807, 2.05) is 12.1 Å². The number of hydrogen-bond acceptors (Lipinski definition) is 3. The zero-order chi connectivity index (χ0) is 19.7. The first-order chi connectivity index (χ1) is 13.5. The highest BCUT2D eigenvalue weighted by molar-refractivity contribution is 6.34. The zero-order valence-electron chi connectivity index (χ0n) is 15.6. The monoisotopic (exact) mass is 390 g/mol. The second-order valence-electron chi connectivity index (χ2n) is 6.91. The normalized spacial score (nSPS) is 11.1. The second-order valence-corrected chi connectivity index (χ2v) is 7.32. The van der Waals surface area contributed by atoms with Gasteiger partial charge in [-0.25, -0.2) is 4.98 Å². The number of amides is 1. The van der Waals surface area contributed by atoms with Crippen LogP contribution in [0, 0.1) is 0 Å². The van der Waals surface area contributed by atoms with E-state index in [0.717, 1.165) is 5.56 Å². The van der Waals surface area contributed by atoms with E-state index in [9.17, 15) is 4.79 Å². The van der Waals surface area contributed by atoms with Crippen LogP contribution in [-0.2, 0) is 0 Å². The lowest BCUT2D eigenvalue weighted by atomic mass is 10.0. The zero-order valence-corrected chi connectivity index (χ0v) is 16.3. The van der Waals surface area contributed by atoms with Crippen molar-refractivity contribution in [2.45, 2.75) is 19.8 Å². The van der Waals surface area contributed by atoms with E-state index in [1.165, 1.54) is 5.56 Å². The summed E-state index contributed by atoms with van der Waals surface area (Å²) in [7, 11) is 0. The van der Waals surface area contributed by atoms with E-state index in [2.05, 4.69) is 36.3 Å². The van der Waals surface area contributed by atoms with Crippen molar-refractivity contribution < 1.29 is 9.21 Å². The summed E-state index contributed by atoms with van der Waals surface area (Å²) >= 11 is 6.09. The Bertz CT molecular complexity index is 1150. The molecule has 0 radical (unpaired) electrons. The third-order valence-electron chi connectivity index (χ3n) is 4.59. The van der Waals surface area contributed by atoms with Crippen LogP contribution in [0.15, 0.2) is 71.1 Å². The summed E-state index contributed by atoms with van der Waals surface area (Å²) in [5, 5.41) is 3.27. The minimum Gasteiger partial charge on any atom is -0.436 e. The minimum absolute atomic E-state index is 0.266. The summed E-state index contributed by atoms with van der Waals surface area (Å²) in [6.45, 7) is 4.32. The minimum atomic E-state index is -0.266. The standard InChI is InChI=1S/C23H19ClN2O2/c1-14(2)15-7-9-16(10-8-15)23-26-20-13-17(11-12-21(20)28-23)25-22(27)18-5-3-4-6-19(18)24/h3-14H,1-2H3,(H,25,27). The third kappa shape index (κ3) is 3.64. The van der Waals surface area contributed by atoms with Crippen LogP contribution in [0.25, 0.3) is 22.6 Å². The van der Waals surface area contributed by atoms with Crippen molar-refractivity contribution in [3.8, 4) is 11.5 Å². The quantitative estimate of drug-likeness (QED) is 0.431. The topological polar surface area (TPSA) is 55.1 Å². The van der Waals surface area contributed by atoms with Gasteiger partial charge in [0.2, 0.25) is 5.89 Å². The van der Waals surface area contributed by atoms with E-state index < -0.39 is 0 Å². The van der Waals surface area contributed by atoms with E-state index in [1.54, 1.807) is 42.5 Å². The van der Waals surface area contributed by atoms with Crippen LogP contribution in [0.3, 0.4) is 0 Å². The smallest absolute Gasteiger partial charge is 0.257 e. The molecule has 0 unspecified atom stereocenters. The van der Waals surface area contributed by atoms with Crippen LogP contribution in [0.4, 0.5) is 5.69 Å². The number of oxazole rings is 1. The number of benzene rings is 3. The van der Waals surface area contributed by atoms with Gasteiger partial charge in [-0.15, -0.1) is 0 Å². The Morgan fingerprint density at radius 2 is 1.79 bits per heavy atom. The molecule has 0 bridgehead atoms. The summed E-state index contributed by atoms with van der Waals surface area (Å²) in [6.07, 6.45) is 0. The fourth-order valence-corrected chi connectivity index (χ4v) is 3.20. The molecule has 3 aromatic carbocycles. The lowest BCUT2D eigenvalue weighted by Gasteiger charge is -2.06. The van der Waals surface area contributed by atoms with Gasteiger partial charge in [0, 0.05) is 11.3 Å². The first-order valence-electron chi connectivity index (χ1n) is 9.08. The summed E-state index contributed by atoms with van der Waals surface area (Å²) in [6, 6.07) is 20.5. The summed E-state index contributed by atoms with van der Waals surface area (Å²) in [5.74, 6) is 0.764. The van der Waals surface area contributed by atoms with Gasteiger partial charge in [-0.2, -0.15) is 0 Å². The Morgan fingerprint density at radius 3 is 2.50 bits per heavy atom. The molecule has 140 valence electrons. The lowest BCUT2D eigenvalue weighted by Crippen LogP contribution is -2.12. The number of nitrogens with zero attached hydrogens (tertiary/aromatic N) is 1. The van der Waals surface area contributed by atoms with Gasteiger partial charge in [0.25, 0.3) is 5.91 Å². The molecule has 0 fully saturated rings. The summed E-state index contributed by atoms with van der Waals surface area (Å²) < 4.78 is 5.87. The van der Waals surface area contributed by atoms with Gasteiger partial charge in [0.1, 0.15) is 5.52 Å². The van der Waals surface area contributed by atoms with Crippen LogP contribution in [0.2, 0.25) is 5.02 Å². The molecule has 0 saturated heterocycles. The molecule has 0 aliphatic carbocycles.